The van der Waals surface area contributed by atoms with Gasteiger partial charge >= 0.3 is 12.4 Å². The highest BCUT2D eigenvalue weighted by Gasteiger charge is 2.41. The van der Waals surface area contributed by atoms with Crippen molar-refractivity contribution >= 4 is 29.2 Å². The van der Waals surface area contributed by atoms with Crippen LogP contribution in [0.15, 0.2) is 18.2 Å². The molecule has 3 N–H and O–H groups in total. The van der Waals surface area contributed by atoms with Crippen LogP contribution >= 0.6 is 11.6 Å². The van der Waals surface area contributed by atoms with Gasteiger partial charge < -0.3 is 25.6 Å². The number of urea groups is 1. The van der Waals surface area contributed by atoms with Gasteiger partial charge in [0.1, 0.15) is 11.9 Å². The Hall–Kier alpha value is -2.40. The highest BCUT2D eigenvalue weighted by Crippen LogP contribution is 2.32. The number of nitrogens with zero attached hydrogens (tertiary/aromatic N) is 1. The molecule has 1 atom stereocenters. The number of carbonyl (C=O) groups is 2. The maximum Gasteiger partial charge on any atom is 0.522 e. The summed E-state index contributed by atoms with van der Waals surface area (Å²) >= 11 is 5.97. The predicted molar refractivity (Wildman–Crippen MR) is 114 cm³/mol. The quantitative estimate of drug-likeness (QED) is 0.590. The second-order valence-electron chi connectivity index (χ2n) is 8.57. The van der Waals surface area contributed by atoms with Crippen molar-refractivity contribution in [2.45, 2.75) is 50.3 Å². The first kappa shape index (κ1) is 23.7. The molecule has 1 saturated carbocycles. The highest BCUT2D eigenvalue weighted by atomic mass is 35.5. The first-order valence-electron chi connectivity index (χ1n) is 10.9. The zero-order valence-corrected chi connectivity index (χ0v) is 18.5. The Morgan fingerprint density at radius 2 is 1.97 bits per heavy atom. The zero-order valence-electron chi connectivity index (χ0n) is 17.8. The third kappa shape index (κ3) is 6.35. The summed E-state index contributed by atoms with van der Waals surface area (Å²) in [6.45, 7) is 1.73. The van der Waals surface area contributed by atoms with E-state index < -0.39 is 12.5 Å². The number of benzene rings is 1. The summed E-state index contributed by atoms with van der Waals surface area (Å²) < 4.78 is 46.4. The summed E-state index contributed by atoms with van der Waals surface area (Å²) in [6.07, 6.45) is -4.44. The maximum absolute atomic E-state index is 12.6. The van der Waals surface area contributed by atoms with Crippen molar-refractivity contribution in [2.24, 2.45) is 5.92 Å². The van der Waals surface area contributed by atoms with E-state index in [1.165, 1.54) is 0 Å². The van der Waals surface area contributed by atoms with Crippen LogP contribution in [-0.4, -0.2) is 67.6 Å². The zero-order chi connectivity index (χ0) is 23.6. The fourth-order valence-corrected chi connectivity index (χ4v) is 4.41. The minimum Gasteiger partial charge on any atom is -0.485 e. The third-order valence-electron chi connectivity index (χ3n) is 6.14. The predicted octanol–water partition coefficient (Wildman–Crippen LogP) is 3.12. The summed E-state index contributed by atoms with van der Waals surface area (Å²) in [5.74, 6) is 0.406. The van der Waals surface area contributed by atoms with Gasteiger partial charge in [-0.1, -0.05) is 11.6 Å². The van der Waals surface area contributed by atoms with E-state index in [9.17, 15) is 22.8 Å². The summed E-state index contributed by atoms with van der Waals surface area (Å²) in [7, 11) is 0. The first-order chi connectivity index (χ1) is 15.7. The average molecular weight is 491 g/mol. The van der Waals surface area contributed by atoms with Crippen LogP contribution in [0.3, 0.4) is 0 Å². The number of carbonyl (C=O) groups excluding carboxylic acids is 2. The normalized spacial score (nSPS) is 25.2. The Morgan fingerprint density at radius 3 is 2.67 bits per heavy atom. The van der Waals surface area contributed by atoms with Crippen molar-refractivity contribution < 1.29 is 32.2 Å². The van der Waals surface area contributed by atoms with Gasteiger partial charge in [0.25, 0.3) is 0 Å². The molecular formula is C21H26ClF3N4O4. The van der Waals surface area contributed by atoms with Crippen LogP contribution < -0.4 is 20.7 Å². The number of ether oxygens (including phenoxy) is 2. The SMILES string of the molecule is O=C(NCC1CNc2cc(Cl)ccc2O1)C1CCN(C(=O)NC2CC(OC(F)(F)F)C2)CC1. The molecule has 1 aliphatic carbocycles. The van der Waals surface area contributed by atoms with Crippen LogP contribution in [0.4, 0.5) is 23.7 Å². The number of hydrogen-bond donors (Lipinski definition) is 3. The lowest BCUT2D eigenvalue weighted by atomic mass is 9.89. The Morgan fingerprint density at radius 1 is 1.24 bits per heavy atom. The molecule has 1 aromatic carbocycles. The van der Waals surface area contributed by atoms with E-state index >= 15 is 0 Å². The molecule has 0 bridgehead atoms. The minimum atomic E-state index is -4.65. The van der Waals surface area contributed by atoms with Crippen LogP contribution in [-0.2, 0) is 9.53 Å². The molecule has 1 aromatic rings. The Bertz CT molecular complexity index is 874. The van der Waals surface area contributed by atoms with E-state index in [4.69, 9.17) is 16.3 Å². The van der Waals surface area contributed by atoms with E-state index in [1.807, 2.05) is 0 Å². The lowest BCUT2D eigenvalue weighted by Crippen LogP contribution is -2.54. The van der Waals surface area contributed by atoms with Crippen molar-refractivity contribution in [1.82, 2.24) is 15.5 Å². The highest BCUT2D eigenvalue weighted by molar-refractivity contribution is 6.30. The molecule has 3 amide bonds. The number of nitrogens with one attached hydrogen (secondary N) is 3. The lowest BCUT2D eigenvalue weighted by molar-refractivity contribution is -0.351. The smallest absolute Gasteiger partial charge is 0.485 e. The fourth-order valence-electron chi connectivity index (χ4n) is 4.24. The molecule has 182 valence electrons. The van der Waals surface area contributed by atoms with Gasteiger partial charge in [0.05, 0.1) is 24.9 Å². The van der Waals surface area contributed by atoms with Crippen LogP contribution in [0, 0.1) is 5.92 Å². The number of fused-ring (bicyclic) bond motifs is 1. The molecule has 0 spiro atoms. The van der Waals surface area contributed by atoms with Crippen molar-refractivity contribution in [1.29, 1.82) is 0 Å². The first-order valence-corrected chi connectivity index (χ1v) is 11.3. The fraction of sp³-hybridized carbons (Fsp3) is 0.619. The van der Waals surface area contributed by atoms with Gasteiger partial charge in [-0.15, -0.1) is 13.2 Å². The number of anilines is 1. The molecular weight excluding hydrogens is 465 g/mol. The van der Waals surface area contributed by atoms with E-state index in [0.29, 0.717) is 49.8 Å². The molecule has 1 unspecified atom stereocenters. The number of piperidine rings is 1. The Kier molecular flexibility index (Phi) is 7.08. The lowest BCUT2D eigenvalue weighted by Gasteiger charge is -2.38. The van der Waals surface area contributed by atoms with Crippen molar-refractivity contribution in [2.75, 3.05) is 31.5 Å². The van der Waals surface area contributed by atoms with Gasteiger partial charge in [0.2, 0.25) is 5.91 Å². The largest absolute Gasteiger partial charge is 0.522 e. The molecule has 2 aliphatic heterocycles. The summed E-state index contributed by atoms with van der Waals surface area (Å²) in [5.41, 5.74) is 0.820. The summed E-state index contributed by atoms with van der Waals surface area (Å²) in [5, 5.41) is 9.51. The van der Waals surface area contributed by atoms with E-state index in [2.05, 4.69) is 20.7 Å². The molecule has 2 fully saturated rings. The second-order valence-corrected chi connectivity index (χ2v) is 9.01. The van der Waals surface area contributed by atoms with Crippen LogP contribution in [0.2, 0.25) is 5.02 Å². The molecule has 12 heteroatoms. The molecule has 8 nitrogen and oxygen atoms in total. The molecule has 33 heavy (non-hydrogen) atoms. The standard InChI is InChI=1S/C21H26ClF3N4O4/c22-13-1-2-18-17(7-13)26-10-16(32-18)11-27-19(30)12-3-5-29(6-4-12)20(31)28-14-8-15(9-14)33-21(23,24)25/h1-2,7,12,14-16,26H,3-6,8-11H2,(H,27,30)(H,28,31). The maximum atomic E-state index is 12.6. The number of halogens is 4. The average Bonchev–Trinajstić information content (AvgIpc) is 2.75. The Balaban J connectivity index is 1.13. The number of rotatable bonds is 5. The van der Waals surface area contributed by atoms with Crippen molar-refractivity contribution in [3.8, 4) is 5.75 Å². The second kappa shape index (κ2) is 9.84. The van der Waals surface area contributed by atoms with Gasteiger partial charge in [0.15, 0.2) is 0 Å². The Labute approximate surface area is 194 Å². The van der Waals surface area contributed by atoms with Crippen molar-refractivity contribution in [3.63, 3.8) is 0 Å². The van der Waals surface area contributed by atoms with E-state index in [1.54, 1.807) is 23.1 Å². The third-order valence-corrected chi connectivity index (χ3v) is 6.37. The van der Waals surface area contributed by atoms with E-state index in [0.717, 1.165) is 5.69 Å². The summed E-state index contributed by atoms with van der Waals surface area (Å²) in [4.78, 5) is 26.5. The van der Waals surface area contributed by atoms with Crippen molar-refractivity contribution in [3.05, 3.63) is 23.2 Å². The minimum absolute atomic E-state index is 0.0771. The van der Waals surface area contributed by atoms with Gasteiger partial charge in [-0.3, -0.25) is 9.53 Å². The van der Waals surface area contributed by atoms with E-state index in [-0.39, 0.29) is 42.8 Å². The van der Waals surface area contributed by atoms with Gasteiger partial charge in [-0.05, 0) is 43.9 Å². The topological polar surface area (TPSA) is 91.9 Å². The van der Waals surface area contributed by atoms with Crippen LogP contribution in [0.1, 0.15) is 25.7 Å². The monoisotopic (exact) mass is 490 g/mol. The van der Waals surface area contributed by atoms with Crippen LogP contribution in [0.5, 0.6) is 5.75 Å². The molecule has 4 rings (SSSR count). The molecule has 0 aromatic heterocycles. The molecule has 3 aliphatic rings. The number of alkyl halides is 3. The van der Waals surface area contributed by atoms with Gasteiger partial charge in [-0.2, -0.15) is 0 Å². The van der Waals surface area contributed by atoms with Gasteiger partial charge in [-0.25, -0.2) is 4.79 Å². The molecule has 1 saturated heterocycles. The van der Waals surface area contributed by atoms with Crippen LogP contribution in [0.25, 0.3) is 0 Å². The number of amides is 3. The number of hydrogen-bond acceptors (Lipinski definition) is 5. The number of likely N-dealkylation sites (tertiary alicyclic amines) is 1. The molecule has 2 heterocycles. The van der Waals surface area contributed by atoms with Gasteiger partial charge in [0, 0.05) is 30.1 Å². The summed E-state index contributed by atoms with van der Waals surface area (Å²) in [6, 6.07) is 4.68. The molecule has 0 radical (unpaired) electrons.